The van der Waals surface area contributed by atoms with Crippen molar-refractivity contribution in [2.45, 2.75) is 0 Å². The molecule has 0 atom stereocenters. The van der Waals surface area contributed by atoms with Gasteiger partial charge >= 0.3 is 0 Å². The summed E-state index contributed by atoms with van der Waals surface area (Å²) in [6.07, 6.45) is 3.11. The number of anilines is 1. The van der Waals surface area contributed by atoms with Crippen molar-refractivity contribution in [3.63, 3.8) is 0 Å². The van der Waals surface area contributed by atoms with Gasteiger partial charge in [-0.3, -0.25) is 19.8 Å². The Hall–Kier alpha value is -4.11. The Morgan fingerprint density at radius 1 is 1.00 bits per heavy atom. The number of aromatic carboxylic acids is 1. The van der Waals surface area contributed by atoms with Gasteiger partial charge in [0.15, 0.2) is 5.11 Å². The summed E-state index contributed by atoms with van der Waals surface area (Å²) in [5.41, 5.74) is 1.31. The number of amides is 2. The zero-order chi connectivity index (χ0) is 22.1. The normalized spacial score (nSPS) is 15.3. The van der Waals surface area contributed by atoms with E-state index in [0.717, 1.165) is 4.90 Å². The van der Waals surface area contributed by atoms with Crippen LogP contribution in [0.5, 0.6) is 0 Å². The summed E-state index contributed by atoms with van der Waals surface area (Å²) in [6, 6.07) is 14.5. The number of carbonyl (C=O) groups is 3. The van der Waals surface area contributed by atoms with E-state index in [1.165, 1.54) is 42.5 Å². The van der Waals surface area contributed by atoms with E-state index < -0.39 is 23.6 Å². The molecule has 4 rings (SSSR count). The Labute approximate surface area is 181 Å². The fourth-order valence-electron chi connectivity index (χ4n) is 3.13. The topological polar surface area (TPSA) is 94.5 Å². The van der Waals surface area contributed by atoms with Gasteiger partial charge < -0.3 is 14.5 Å². The van der Waals surface area contributed by atoms with Gasteiger partial charge in [-0.2, -0.15) is 0 Å². The van der Waals surface area contributed by atoms with E-state index >= 15 is 0 Å². The summed E-state index contributed by atoms with van der Waals surface area (Å²) in [5, 5.41) is 13.3. The highest BCUT2D eigenvalue weighted by Gasteiger charge is 2.34. The number of hydrogen-bond acceptors (Lipinski definition) is 5. The van der Waals surface area contributed by atoms with Gasteiger partial charge in [-0.05, 0) is 72.4 Å². The molecule has 7 nitrogen and oxygen atoms in total. The van der Waals surface area contributed by atoms with Gasteiger partial charge in [0.1, 0.15) is 11.4 Å². The molecule has 1 aliphatic rings. The minimum Gasteiger partial charge on any atom is -0.545 e. The number of nitrogens with zero attached hydrogens (tertiary/aromatic N) is 2. The van der Waals surface area contributed by atoms with Crippen LogP contribution in [0.4, 0.5) is 10.1 Å². The van der Waals surface area contributed by atoms with Crippen LogP contribution in [0, 0.1) is 5.82 Å². The predicted octanol–water partition coefficient (Wildman–Crippen LogP) is 1.81. The van der Waals surface area contributed by atoms with Crippen LogP contribution in [0.25, 0.3) is 11.8 Å². The van der Waals surface area contributed by atoms with Crippen LogP contribution in [-0.2, 0) is 9.59 Å². The standard InChI is InChI=1S/C22H14FN3O4S/c23-14-5-9-16(10-6-14)26-20(28)18(19(27)24-22(26)31)12-17-2-1-11-25(17)15-7-3-13(4-8-15)21(29)30/h1-12H,(H,29,30)(H,24,27,31)/p-1/b18-12-. The second-order valence-corrected chi connectivity index (χ2v) is 6.96. The maximum absolute atomic E-state index is 13.3. The lowest BCUT2D eigenvalue weighted by atomic mass is 10.1. The summed E-state index contributed by atoms with van der Waals surface area (Å²) in [7, 11) is 0. The zero-order valence-corrected chi connectivity index (χ0v) is 16.6. The molecular weight excluding hydrogens is 421 g/mol. The van der Waals surface area contributed by atoms with Crippen LogP contribution < -0.4 is 15.3 Å². The third-order valence-electron chi connectivity index (χ3n) is 4.64. The second kappa shape index (κ2) is 7.96. The quantitative estimate of drug-likeness (QED) is 0.384. The van der Waals surface area contributed by atoms with Crippen molar-refractivity contribution in [3.05, 3.63) is 89.5 Å². The van der Waals surface area contributed by atoms with E-state index in [1.807, 2.05) is 0 Å². The molecule has 2 heterocycles. The van der Waals surface area contributed by atoms with Crippen LogP contribution in [0.15, 0.2) is 72.4 Å². The SMILES string of the molecule is O=C1NC(=S)N(c2ccc(F)cc2)C(=O)/C1=C\c1cccn1-c1ccc(C(=O)[O-])cc1. The number of aromatic nitrogens is 1. The van der Waals surface area contributed by atoms with E-state index in [9.17, 15) is 23.9 Å². The fourth-order valence-corrected chi connectivity index (χ4v) is 3.42. The molecule has 1 fully saturated rings. The van der Waals surface area contributed by atoms with Crippen LogP contribution >= 0.6 is 12.2 Å². The van der Waals surface area contributed by atoms with Crippen molar-refractivity contribution in [3.8, 4) is 5.69 Å². The van der Waals surface area contributed by atoms with Crippen LogP contribution in [0.2, 0.25) is 0 Å². The molecule has 1 saturated heterocycles. The van der Waals surface area contributed by atoms with Gasteiger partial charge in [0.25, 0.3) is 11.8 Å². The molecule has 1 N–H and O–H groups in total. The first-order valence-corrected chi connectivity index (χ1v) is 9.42. The third kappa shape index (κ3) is 3.86. The molecule has 0 spiro atoms. The molecule has 3 aromatic rings. The summed E-state index contributed by atoms with van der Waals surface area (Å²) >= 11 is 5.13. The summed E-state index contributed by atoms with van der Waals surface area (Å²) in [5.74, 6) is -3.07. The predicted molar refractivity (Wildman–Crippen MR) is 113 cm³/mol. The first kappa shape index (κ1) is 20.2. The molecule has 2 aromatic carbocycles. The number of carboxylic acid groups (broad SMARTS) is 1. The molecule has 1 aromatic heterocycles. The molecule has 0 unspecified atom stereocenters. The monoisotopic (exact) mass is 434 g/mol. The average molecular weight is 434 g/mol. The molecule has 0 saturated carbocycles. The Morgan fingerprint density at radius 2 is 1.65 bits per heavy atom. The summed E-state index contributed by atoms with van der Waals surface area (Å²) in [6.45, 7) is 0. The van der Waals surface area contributed by atoms with Crippen molar-refractivity contribution >= 4 is 46.9 Å². The lowest BCUT2D eigenvalue weighted by Crippen LogP contribution is -2.54. The Kier molecular flexibility index (Phi) is 5.18. The first-order chi connectivity index (χ1) is 14.8. The van der Waals surface area contributed by atoms with Gasteiger partial charge in [-0.25, -0.2) is 4.39 Å². The highest BCUT2D eigenvalue weighted by atomic mass is 32.1. The highest BCUT2D eigenvalue weighted by molar-refractivity contribution is 7.80. The zero-order valence-electron chi connectivity index (χ0n) is 15.7. The summed E-state index contributed by atoms with van der Waals surface area (Å²) < 4.78 is 14.9. The number of hydrogen-bond donors (Lipinski definition) is 1. The highest BCUT2D eigenvalue weighted by Crippen LogP contribution is 2.23. The van der Waals surface area contributed by atoms with E-state index in [4.69, 9.17) is 12.2 Å². The maximum atomic E-state index is 13.3. The van der Waals surface area contributed by atoms with Crippen molar-refractivity contribution in [1.29, 1.82) is 0 Å². The second-order valence-electron chi connectivity index (χ2n) is 6.57. The number of benzene rings is 2. The largest absolute Gasteiger partial charge is 0.545 e. The fraction of sp³-hybridized carbons (Fsp3) is 0. The molecule has 2 amide bonds. The average Bonchev–Trinajstić information content (AvgIpc) is 3.20. The number of halogens is 1. The van der Waals surface area contributed by atoms with Crippen LogP contribution in [0.1, 0.15) is 16.1 Å². The molecular formula is C22H13FN3O4S-. The number of nitrogens with one attached hydrogen (secondary N) is 1. The number of thiocarbonyl (C=S) groups is 1. The first-order valence-electron chi connectivity index (χ1n) is 9.01. The number of carboxylic acids is 1. The molecule has 9 heteroatoms. The minimum atomic E-state index is -1.29. The lowest BCUT2D eigenvalue weighted by molar-refractivity contribution is -0.255. The molecule has 31 heavy (non-hydrogen) atoms. The molecule has 0 aliphatic carbocycles. The van der Waals surface area contributed by atoms with E-state index in [-0.39, 0.29) is 16.2 Å². The minimum absolute atomic E-state index is 0.0288. The third-order valence-corrected chi connectivity index (χ3v) is 4.92. The maximum Gasteiger partial charge on any atom is 0.270 e. The summed E-state index contributed by atoms with van der Waals surface area (Å²) in [4.78, 5) is 37.6. The molecule has 154 valence electrons. The smallest absolute Gasteiger partial charge is 0.270 e. The molecule has 1 aliphatic heterocycles. The van der Waals surface area contributed by atoms with Gasteiger partial charge in [-0.1, -0.05) is 12.1 Å². The van der Waals surface area contributed by atoms with Crippen molar-refractivity contribution < 1.29 is 23.9 Å². The van der Waals surface area contributed by atoms with E-state index in [2.05, 4.69) is 5.32 Å². The van der Waals surface area contributed by atoms with Crippen LogP contribution in [0.3, 0.4) is 0 Å². The van der Waals surface area contributed by atoms with Crippen molar-refractivity contribution in [2.24, 2.45) is 0 Å². The van der Waals surface area contributed by atoms with Gasteiger partial charge in [0, 0.05) is 17.6 Å². The lowest BCUT2D eigenvalue weighted by Gasteiger charge is -2.28. The Morgan fingerprint density at radius 3 is 2.29 bits per heavy atom. The van der Waals surface area contributed by atoms with E-state index in [1.54, 1.807) is 35.0 Å². The number of carbonyl (C=O) groups excluding carboxylic acids is 3. The molecule has 0 bridgehead atoms. The van der Waals surface area contributed by atoms with Crippen LogP contribution in [-0.4, -0.2) is 27.5 Å². The van der Waals surface area contributed by atoms with Crippen molar-refractivity contribution in [1.82, 2.24) is 9.88 Å². The Balaban J connectivity index is 1.71. The van der Waals surface area contributed by atoms with Gasteiger partial charge in [0.05, 0.1) is 11.7 Å². The van der Waals surface area contributed by atoms with Gasteiger partial charge in [-0.15, -0.1) is 0 Å². The van der Waals surface area contributed by atoms with Crippen molar-refractivity contribution in [2.75, 3.05) is 4.90 Å². The van der Waals surface area contributed by atoms with E-state index in [0.29, 0.717) is 17.1 Å². The number of rotatable bonds is 4. The Bertz CT molecular complexity index is 1250. The van der Waals surface area contributed by atoms with Gasteiger partial charge in [0.2, 0.25) is 0 Å². The molecule has 0 radical (unpaired) electrons.